The van der Waals surface area contributed by atoms with Crippen LogP contribution in [0.2, 0.25) is 0 Å². The van der Waals surface area contributed by atoms with E-state index in [-0.39, 0.29) is 0 Å². The SMILES string of the molecule is CC[C@@H]1c2cc3c(cc2[C@@H](c2ccc4c(c2)OCO4)[C@@H]1C)OCO3. The molecule has 24 heavy (non-hydrogen) atoms. The zero-order valence-electron chi connectivity index (χ0n) is 13.9. The van der Waals surface area contributed by atoms with E-state index in [0.717, 1.165) is 29.4 Å². The fourth-order valence-electron chi connectivity index (χ4n) is 4.54. The maximum atomic E-state index is 5.62. The van der Waals surface area contributed by atoms with E-state index >= 15 is 0 Å². The van der Waals surface area contributed by atoms with Gasteiger partial charge in [0.1, 0.15) is 0 Å². The van der Waals surface area contributed by atoms with E-state index in [1.54, 1.807) is 0 Å². The van der Waals surface area contributed by atoms with Gasteiger partial charge >= 0.3 is 0 Å². The van der Waals surface area contributed by atoms with Crippen molar-refractivity contribution in [3.63, 3.8) is 0 Å². The van der Waals surface area contributed by atoms with Gasteiger partial charge in [-0.15, -0.1) is 0 Å². The highest BCUT2D eigenvalue weighted by molar-refractivity contribution is 5.57. The van der Waals surface area contributed by atoms with Gasteiger partial charge < -0.3 is 18.9 Å². The van der Waals surface area contributed by atoms with Crippen LogP contribution in [-0.2, 0) is 0 Å². The standard InChI is InChI=1S/C20H20O4/c1-3-13-11(2)20(12-4-5-16-17(6-12)22-9-21-16)15-8-19-18(7-14(13)15)23-10-24-19/h4-8,11,13,20H,3,9-10H2,1-2H3/t11-,13+,20-/m1/s1. The third-order valence-electron chi connectivity index (χ3n) is 5.67. The van der Waals surface area contributed by atoms with Crippen molar-refractivity contribution in [2.45, 2.75) is 32.1 Å². The van der Waals surface area contributed by atoms with Crippen LogP contribution in [0.15, 0.2) is 30.3 Å². The van der Waals surface area contributed by atoms with Crippen LogP contribution in [0, 0.1) is 5.92 Å². The molecular formula is C20H20O4. The molecule has 0 saturated heterocycles. The van der Waals surface area contributed by atoms with E-state index in [9.17, 15) is 0 Å². The maximum absolute atomic E-state index is 5.62. The zero-order valence-corrected chi connectivity index (χ0v) is 13.9. The normalized spacial score (nSPS) is 25.8. The van der Waals surface area contributed by atoms with Gasteiger partial charge in [-0.3, -0.25) is 0 Å². The summed E-state index contributed by atoms with van der Waals surface area (Å²) in [7, 11) is 0. The Balaban J connectivity index is 1.65. The molecule has 0 N–H and O–H groups in total. The van der Waals surface area contributed by atoms with Crippen LogP contribution in [0.4, 0.5) is 0 Å². The fraction of sp³-hybridized carbons (Fsp3) is 0.400. The summed E-state index contributed by atoms with van der Waals surface area (Å²) in [6.45, 7) is 5.24. The highest BCUT2D eigenvalue weighted by atomic mass is 16.7. The summed E-state index contributed by atoms with van der Waals surface area (Å²) in [5, 5.41) is 0. The second-order valence-corrected chi connectivity index (χ2v) is 6.80. The van der Waals surface area contributed by atoms with E-state index in [1.807, 2.05) is 6.07 Å². The Morgan fingerprint density at radius 3 is 2.17 bits per heavy atom. The quantitative estimate of drug-likeness (QED) is 0.819. The lowest BCUT2D eigenvalue weighted by Gasteiger charge is -2.21. The first-order valence-electron chi connectivity index (χ1n) is 8.59. The van der Waals surface area contributed by atoms with Gasteiger partial charge in [-0.1, -0.05) is 19.9 Å². The summed E-state index contributed by atoms with van der Waals surface area (Å²) in [5.41, 5.74) is 4.04. The Labute approximate surface area is 141 Å². The Hall–Kier alpha value is -2.36. The molecule has 5 rings (SSSR count). The summed E-state index contributed by atoms with van der Waals surface area (Å²) in [5.74, 6) is 4.82. The second kappa shape index (κ2) is 5.07. The Kier molecular flexibility index (Phi) is 2.96. The molecule has 0 saturated carbocycles. The average molecular weight is 324 g/mol. The molecule has 2 aromatic rings. The van der Waals surface area contributed by atoms with Gasteiger partial charge in [0.05, 0.1) is 0 Å². The molecule has 1 aliphatic carbocycles. The Morgan fingerprint density at radius 2 is 1.46 bits per heavy atom. The minimum absolute atomic E-state index is 0.311. The molecule has 2 heterocycles. The van der Waals surface area contributed by atoms with E-state index in [0.29, 0.717) is 31.3 Å². The first kappa shape index (κ1) is 14.0. The Morgan fingerprint density at radius 1 is 0.833 bits per heavy atom. The van der Waals surface area contributed by atoms with Gasteiger partial charge in [0.15, 0.2) is 23.0 Å². The van der Waals surface area contributed by atoms with Gasteiger partial charge in [-0.05, 0) is 59.2 Å². The van der Waals surface area contributed by atoms with Crippen molar-refractivity contribution in [2.75, 3.05) is 13.6 Å². The lowest BCUT2D eigenvalue weighted by molar-refractivity contribution is 0.173. The number of fused-ring (bicyclic) bond motifs is 3. The van der Waals surface area contributed by atoms with Crippen molar-refractivity contribution in [1.82, 2.24) is 0 Å². The van der Waals surface area contributed by atoms with Crippen LogP contribution in [0.3, 0.4) is 0 Å². The van der Waals surface area contributed by atoms with Crippen molar-refractivity contribution in [3.8, 4) is 23.0 Å². The van der Waals surface area contributed by atoms with Crippen LogP contribution >= 0.6 is 0 Å². The van der Waals surface area contributed by atoms with E-state index in [4.69, 9.17) is 18.9 Å². The predicted molar refractivity (Wildman–Crippen MR) is 89.2 cm³/mol. The van der Waals surface area contributed by atoms with Crippen molar-refractivity contribution in [3.05, 3.63) is 47.0 Å². The van der Waals surface area contributed by atoms with Crippen molar-refractivity contribution < 1.29 is 18.9 Å². The molecule has 0 spiro atoms. The lowest BCUT2D eigenvalue weighted by Crippen LogP contribution is -2.09. The molecule has 2 aliphatic heterocycles. The van der Waals surface area contributed by atoms with E-state index in [1.165, 1.54) is 16.7 Å². The third kappa shape index (κ3) is 1.86. The first-order chi connectivity index (χ1) is 11.8. The van der Waals surface area contributed by atoms with Gasteiger partial charge in [-0.25, -0.2) is 0 Å². The molecule has 0 amide bonds. The highest BCUT2D eigenvalue weighted by Gasteiger charge is 2.40. The van der Waals surface area contributed by atoms with Crippen molar-refractivity contribution >= 4 is 0 Å². The van der Waals surface area contributed by atoms with Crippen LogP contribution in [0.5, 0.6) is 23.0 Å². The molecule has 124 valence electrons. The molecule has 4 nitrogen and oxygen atoms in total. The molecule has 3 aliphatic rings. The van der Waals surface area contributed by atoms with E-state index in [2.05, 4.69) is 38.1 Å². The van der Waals surface area contributed by atoms with Gasteiger partial charge in [0.25, 0.3) is 0 Å². The fourth-order valence-corrected chi connectivity index (χ4v) is 4.54. The molecule has 0 unspecified atom stereocenters. The number of benzene rings is 2. The minimum atomic E-state index is 0.311. The Bertz CT molecular complexity index is 814. The smallest absolute Gasteiger partial charge is 0.231 e. The van der Waals surface area contributed by atoms with Gasteiger partial charge in [0, 0.05) is 5.92 Å². The number of ether oxygens (including phenoxy) is 4. The first-order valence-corrected chi connectivity index (χ1v) is 8.59. The summed E-state index contributed by atoms with van der Waals surface area (Å²) >= 11 is 0. The monoisotopic (exact) mass is 324 g/mol. The van der Waals surface area contributed by atoms with Crippen molar-refractivity contribution in [2.24, 2.45) is 5.92 Å². The largest absolute Gasteiger partial charge is 0.454 e. The summed E-state index contributed by atoms with van der Waals surface area (Å²) < 4.78 is 22.3. The number of hydrogen-bond donors (Lipinski definition) is 0. The zero-order chi connectivity index (χ0) is 16.3. The van der Waals surface area contributed by atoms with Crippen molar-refractivity contribution in [1.29, 1.82) is 0 Å². The molecule has 0 bridgehead atoms. The summed E-state index contributed by atoms with van der Waals surface area (Å²) in [6, 6.07) is 10.7. The summed E-state index contributed by atoms with van der Waals surface area (Å²) in [6.07, 6.45) is 1.12. The summed E-state index contributed by atoms with van der Waals surface area (Å²) in [4.78, 5) is 0. The van der Waals surface area contributed by atoms with E-state index < -0.39 is 0 Å². The van der Waals surface area contributed by atoms with Gasteiger partial charge in [0.2, 0.25) is 13.6 Å². The molecule has 2 aromatic carbocycles. The second-order valence-electron chi connectivity index (χ2n) is 6.80. The molecule has 0 radical (unpaired) electrons. The molecular weight excluding hydrogens is 304 g/mol. The molecule has 3 atom stereocenters. The minimum Gasteiger partial charge on any atom is -0.454 e. The lowest BCUT2D eigenvalue weighted by atomic mass is 9.83. The van der Waals surface area contributed by atoms with Crippen LogP contribution in [-0.4, -0.2) is 13.6 Å². The maximum Gasteiger partial charge on any atom is 0.231 e. The van der Waals surface area contributed by atoms with Crippen LogP contribution in [0.25, 0.3) is 0 Å². The molecule has 4 heteroatoms. The number of hydrogen-bond acceptors (Lipinski definition) is 4. The average Bonchev–Trinajstić information content (AvgIpc) is 3.28. The predicted octanol–water partition coefficient (Wildman–Crippen LogP) is 4.42. The molecule has 0 aromatic heterocycles. The van der Waals surface area contributed by atoms with Crippen LogP contribution < -0.4 is 18.9 Å². The topological polar surface area (TPSA) is 36.9 Å². The van der Waals surface area contributed by atoms with Crippen LogP contribution in [0.1, 0.15) is 48.8 Å². The third-order valence-corrected chi connectivity index (χ3v) is 5.67. The number of rotatable bonds is 2. The molecule has 0 fully saturated rings. The van der Waals surface area contributed by atoms with Gasteiger partial charge in [-0.2, -0.15) is 0 Å². The highest BCUT2D eigenvalue weighted by Crippen LogP contribution is 2.54.